The van der Waals surface area contributed by atoms with Gasteiger partial charge in [-0.05, 0) is 42.9 Å². The van der Waals surface area contributed by atoms with E-state index in [9.17, 15) is 0 Å². The summed E-state index contributed by atoms with van der Waals surface area (Å²) in [6, 6.07) is 0.700. The molecule has 0 heterocycles. The van der Waals surface area contributed by atoms with Crippen LogP contribution in [-0.2, 0) is 0 Å². The van der Waals surface area contributed by atoms with E-state index in [0.29, 0.717) is 16.9 Å². The zero-order valence-electron chi connectivity index (χ0n) is 14.2. The van der Waals surface area contributed by atoms with Gasteiger partial charge in [0.2, 0.25) is 0 Å². The first kappa shape index (κ1) is 16.3. The van der Waals surface area contributed by atoms with Crippen LogP contribution in [0, 0.1) is 10.8 Å². The molecule has 0 saturated heterocycles. The molecule has 2 aliphatic carbocycles. The van der Waals surface area contributed by atoms with E-state index < -0.39 is 0 Å². The van der Waals surface area contributed by atoms with Crippen molar-refractivity contribution in [3.63, 3.8) is 0 Å². The van der Waals surface area contributed by atoms with Crippen LogP contribution in [0.15, 0.2) is 0 Å². The predicted octanol–water partition coefficient (Wildman–Crippen LogP) is 4.23. The molecule has 2 heteroatoms. The highest BCUT2D eigenvalue weighted by atomic mass is 15.0. The average Bonchev–Trinajstić information content (AvgIpc) is 2.53. The minimum atomic E-state index is 0.167. The van der Waals surface area contributed by atoms with E-state index in [1.807, 2.05) is 0 Å². The summed E-state index contributed by atoms with van der Waals surface area (Å²) in [5.41, 5.74) is 7.24. The molecule has 0 unspecified atom stereocenters. The summed E-state index contributed by atoms with van der Waals surface area (Å²) in [7, 11) is 0. The van der Waals surface area contributed by atoms with Crippen molar-refractivity contribution in [2.24, 2.45) is 16.6 Å². The molecule has 3 N–H and O–H groups in total. The Morgan fingerprint density at radius 1 is 0.850 bits per heavy atom. The van der Waals surface area contributed by atoms with Crippen molar-refractivity contribution in [3.05, 3.63) is 0 Å². The maximum absolute atomic E-state index is 6.27. The molecule has 0 aromatic carbocycles. The zero-order valence-corrected chi connectivity index (χ0v) is 14.2. The summed E-state index contributed by atoms with van der Waals surface area (Å²) in [4.78, 5) is 0. The lowest BCUT2D eigenvalue weighted by molar-refractivity contribution is 0.0250. The Bertz CT molecular complexity index is 295. The van der Waals surface area contributed by atoms with Crippen LogP contribution >= 0.6 is 0 Å². The van der Waals surface area contributed by atoms with Gasteiger partial charge in [-0.1, -0.05) is 53.4 Å². The Labute approximate surface area is 126 Å². The topological polar surface area (TPSA) is 38.0 Å². The molecule has 0 amide bonds. The summed E-state index contributed by atoms with van der Waals surface area (Å²) in [5, 5.41) is 4.05. The van der Waals surface area contributed by atoms with E-state index in [1.54, 1.807) is 0 Å². The first-order valence-electron chi connectivity index (χ1n) is 8.74. The van der Waals surface area contributed by atoms with Crippen LogP contribution < -0.4 is 11.1 Å². The van der Waals surface area contributed by atoms with E-state index in [-0.39, 0.29) is 5.54 Å². The van der Waals surface area contributed by atoms with Gasteiger partial charge in [-0.25, -0.2) is 0 Å². The van der Waals surface area contributed by atoms with Gasteiger partial charge in [-0.15, -0.1) is 0 Å². The molecule has 2 nitrogen and oxygen atoms in total. The molecule has 2 saturated carbocycles. The monoisotopic (exact) mass is 280 g/mol. The Balaban J connectivity index is 2.10. The fourth-order valence-corrected chi connectivity index (χ4v) is 5.48. The van der Waals surface area contributed by atoms with Gasteiger partial charge in [-0.2, -0.15) is 0 Å². The number of rotatable bonds is 3. The Morgan fingerprint density at radius 2 is 1.35 bits per heavy atom. The first-order valence-corrected chi connectivity index (χ1v) is 8.74. The van der Waals surface area contributed by atoms with Gasteiger partial charge in [0.1, 0.15) is 0 Å². The Kier molecular flexibility index (Phi) is 4.86. The standard InChI is InChI=1S/C18H36N2/c1-16(2)11-17(3,4)13-18(12-16,14-19)20-15-9-7-5-6-8-10-15/h15,20H,5-14,19H2,1-4H3. The summed E-state index contributed by atoms with van der Waals surface area (Å²) in [5.74, 6) is 0. The molecule has 2 fully saturated rings. The molecular formula is C18H36N2. The normalized spacial score (nSPS) is 29.9. The van der Waals surface area contributed by atoms with E-state index in [1.165, 1.54) is 57.8 Å². The molecule has 118 valence electrons. The highest BCUT2D eigenvalue weighted by molar-refractivity contribution is 5.04. The fraction of sp³-hybridized carbons (Fsp3) is 1.00. The first-order chi connectivity index (χ1) is 9.26. The van der Waals surface area contributed by atoms with Gasteiger partial charge < -0.3 is 11.1 Å². The molecule has 2 aliphatic rings. The predicted molar refractivity (Wildman–Crippen MR) is 87.8 cm³/mol. The van der Waals surface area contributed by atoms with E-state index in [4.69, 9.17) is 5.73 Å². The van der Waals surface area contributed by atoms with Crippen LogP contribution in [0.5, 0.6) is 0 Å². The van der Waals surface area contributed by atoms with Gasteiger partial charge in [-0.3, -0.25) is 0 Å². The van der Waals surface area contributed by atoms with Crippen molar-refractivity contribution in [2.45, 2.75) is 97.1 Å². The summed E-state index contributed by atoms with van der Waals surface area (Å²) >= 11 is 0. The molecule has 0 aliphatic heterocycles. The fourth-order valence-electron chi connectivity index (χ4n) is 5.48. The highest BCUT2D eigenvalue weighted by Gasteiger charge is 2.47. The number of nitrogens with one attached hydrogen (secondary N) is 1. The highest BCUT2D eigenvalue weighted by Crippen LogP contribution is 2.50. The molecule has 0 bridgehead atoms. The molecule has 0 spiro atoms. The van der Waals surface area contributed by atoms with Crippen molar-refractivity contribution < 1.29 is 0 Å². The molecular weight excluding hydrogens is 244 g/mol. The van der Waals surface area contributed by atoms with Crippen molar-refractivity contribution in [2.75, 3.05) is 6.54 Å². The molecule has 0 aromatic rings. The van der Waals surface area contributed by atoms with E-state index in [2.05, 4.69) is 33.0 Å². The molecule has 2 rings (SSSR count). The SMILES string of the molecule is CC1(C)CC(C)(C)CC(CN)(NC2CCCCCC2)C1. The maximum atomic E-state index is 6.27. The van der Waals surface area contributed by atoms with Gasteiger partial charge in [0.15, 0.2) is 0 Å². The third kappa shape index (κ3) is 4.21. The zero-order chi connectivity index (χ0) is 14.9. The lowest BCUT2D eigenvalue weighted by atomic mass is 9.58. The molecule has 0 atom stereocenters. The maximum Gasteiger partial charge on any atom is 0.0316 e. The smallest absolute Gasteiger partial charge is 0.0316 e. The Morgan fingerprint density at radius 3 is 1.80 bits per heavy atom. The third-order valence-corrected chi connectivity index (χ3v) is 5.35. The van der Waals surface area contributed by atoms with Crippen LogP contribution in [0.1, 0.15) is 85.5 Å². The number of hydrogen-bond acceptors (Lipinski definition) is 2. The molecule has 0 aromatic heterocycles. The van der Waals surface area contributed by atoms with E-state index in [0.717, 1.165) is 6.54 Å². The average molecular weight is 280 g/mol. The van der Waals surface area contributed by atoms with Crippen LogP contribution in [0.25, 0.3) is 0 Å². The summed E-state index contributed by atoms with van der Waals surface area (Å²) < 4.78 is 0. The largest absolute Gasteiger partial charge is 0.329 e. The van der Waals surface area contributed by atoms with Crippen molar-refractivity contribution in [3.8, 4) is 0 Å². The Hall–Kier alpha value is -0.0800. The van der Waals surface area contributed by atoms with Gasteiger partial charge in [0.25, 0.3) is 0 Å². The minimum absolute atomic E-state index is 0.167. The lowest BCUT2D eigenvalue weighted by Gasteiger charge is -2.53. The quantitative estimate of drug-likeness (QED) is 0.759. The third-order valence-electron chi connectivity index (χ3n) is 5.35. The summed E-state index contributed by atoms with van der Waals surface area (Å²) in [6.45, 7) is 10.5. The molecule has 20 heavy (non-hydrogen) atoms. The number of hydrogen-bond donors (Lipinski definition) is 2. The second-order valence-electron chi connectivity index (χ2n) is 9.18. The van der Waals surface area contributed by atoms with Crippen LogP contribution in [0.2, 0.25) is 0 Å². The van der Waals surface area contributed by atoms with Crippen molar-refractivity contribution in [1.29, 1.82) is 0 Å². The second kappa shape index (κ2) is 5.96. The van der Waals surface area contributed by atoms with Gasteiger partial charge in [0, 0.05) is 18.1 Å². The minimum Gasteiger partial charge on any atom is -0.329 e. The van der Waals surface area contributed by atoms with Crippen molar-refractivity contribution in [1.82, 2.24) is 5.32 Å². The van der Waals surface area contributed by atoms with Crippen LogP contribution in [0.3, 0.4) is 0 Å². The van der Waals surface area contributed by atoms with Crippen molar-refractivity contribution >= 4 is 0 Å². The number of nitrogens with two attached hydrogens (primary N) is 1. The van der Waals surface area contributed by atoms with Gasteiger partial charge >= 0.3 is 0 Å². The van der Waals surface area contributed by atoms with Crippen LogP contribution in [-0.4, -0.2) is 18.1 Å². The lowest BCUT2D eigenvalue weighted by Crippen LogP contribution is -2.61. The summed E-state index contributed by atoms with van der Waals surface area (Å²) in [6.07, 6.45) is 12.1. The second-order valence-corrected chi connectivity index (χ2v) is 9.18. The van der Waals surface area contributed by atoms with Gasteiger partial charge in [0.05, 0.1) is 0 Å². The van der Waals surface area contributed by atoms with Crippen LogP contribution in [0.4, 0.5) is 0 Å². The van der Waals surface area contributed by atoms with E-state index >= 15 is 0 Å². The molecule has 0 radical (unpaired) electrons.